The Balaban J connectivity index is 1.12. The molecule has 1 atom stereocenters. The minimum atomic E-state index is -0.0501. The van der Waals surface area contributed by atoms with Crippen molar-refractivity contribution in [3.63, 3.8) is 0 Å². The molecule has 0 spiro atoms. The second-order valence-corrected chi connectivity index (χ2v) is 8.75. The van der Waals surface area contributed by atoms with E-state index in [1.165, 1.54) is 29.7 Å². The van der Waals surface area contributed by atoms with Gasteiger partial charge in [0.05, 0.1) is 13.2 Å². The van der Waals surface area contributed by atoms with Crippen molar-refractivity contribution in [2.75, 3.05) is 46.0 Å². The summed E-state index contributed by atoms with van der Waals surface area (Å²) in [6, 6.07) is 16.7. The standard InChI is InChI=1S/C26H32N2O3/c1-20(28-14-16-29-17-15-28)22-10-12-27(13-11-22)18-21-6-8-23(9-7-21)26-19-30-24-4-2-3-5-25(24)31-26/h2-9,22,26H,1,10-19H2. The van der Waals surface area contributed by atoms with Gasteiger partial charge in [-0.2, -0.15) is 0 Å². The third-order valence-corrected chi connectivity index (χ3v) is 6.74. The number of para-hydroxylation sites is 2. The molecule has 0 bridgehead atoms. The van der Waals surface area contributed by atoms with E-state index < -0.39 is 0 Å². The van der Waals surface area contributed by atoms with Gasteiger partial charge >= 0.3 is 0 Å². The molecule has 0 saturated carbocycles. The highest BCUT2D eigenvalue weighted by Gasteiger charge is 2.26. The van der Waals surface area contributed by atoms with Crippen molar-refractivity contribution in [2.24, 2.45) is 5.92 Å². The van der Waals surface area contributed by atoms with E-state index in [4.69, 9.17) is 14.2 Å². The van der Waals surface area contributed by atoms with Crippen LogP contribution in [0.5, 0.6) is 11.5 Å². The van der Waals surface area contributed by atoms with E-state index in [0.29, 0.717) is 12.5 Å². The minimum absolute atomic E-state index is 0.0501. The zero-order chi connectivity index (χ0) is 21.0. The Kier molecular flexibility index (Phi) is 6.14. The van der Waals surface area contributed by atoms with Crippen molar-refractivity contribution < 1.29 is 14.2 Å². The third kappa shape index (κ3) is 4.73. The number of rotatable bonds is 5. The van der Waals surface area contributed by atoms with Crippen LogP contribution in [0.25, 0.3) is 0 Å². The van der Waals surface area contributed by atoms with Crippen LogP contribution >= 0.6 is 0 Å². The van der Waals surface area contributed by atoms with Gasteiger partial charge in [0.15, 0.2) is 17.6 Å². The summed E-state index contributed by atoms with van der Waals surface area (Å²) in [5, 5.41) is 0. The van der Waals surface area contributed by atoms with Gasteiger partial charge in [0.2, 0.25) is 0 Å². The van der Waals surface area contributed by atoms with Gasteiger partial charge in [-0.25, -0.2) is 0 Å². The van der Waals surface area contributed by atoms with Crippen LogP contribution in [0.1, 0.15) is 30.1 Å². The smallest absolute Gasteiger partial charge is 0.162 e. The average molecular weight is 421 g/mol. The van der Waals surface area contributed by atoms with Crippen molar-refractivity contribution in [3.8, 4) is 11.5 Å². The molecule has 0 amide bonds. The van der Waals surface area contributed by atoms with Crippen LogP contribution in [-0.2, 0) is 11.3 Å². The zero-order valence-electron chi connectivity index (χ0n) is 18.2. The van der Waals surface area contributed by atoms with Crippen molar-refractivity contribution >= 4 is 0 Å². The lowest BCUT2D eigenvalue weighted by atomic mass is 9.92. The first-order valence-corrected chi connectivity index (χ1v) is 11.5. The summed E-state index contributed by atoms with van der Waals surface area (Å²) in [7, 11) is 0. The SMILES string of the molecule is C=C(C1CCN(Cc2ccc(C3COc4ccccc4O3)cc2)CC1)N1CCOCC1. The minimum Gasteiger partial charge on any atom is -0.485 e. The maximum Gasteiger partial charge on any atom is 0.162 e. The zero-order valence-corrected chi connectivity index (χ0v) is 18.2. The van der Waals surface area contributed by atoms with E-state index in [1.54, 1.807) is 0 Å². The normalized spacial score (nSPS) is 22.3. The number of ether oxygens (including phenoxy) is 3. The fourth-order valence-electron chi connectivity index (χ4n) is 4.81. The lowest BCUT2D eigenvalue weighted by Gasteiger charge is -2.38. The molecule has 0 aromatic heterocycles. The fraction of sp³-hybridized carbons (Fsp3) is 0.462. The van der Waals surface area contributed by atoms with E-state index in [2.05, 4.69) is 40.6 Å². The van der Waals surface area contributed by atoms with Gasteiger partial charge in [0.1, 0.15) is 6.61 Å². The van der Waals surface area contributed by atoms with Gasteiger partial charge in [-0.3, -0.25) is 4.90 Å². The highest BCUT2D eigenvalue weighted by Crippen LogP contribution is 2.36. The van der Waals surface area contributed by atoms with Gasteiger partial charge in [-0.15, -0.1) is 0 Å². The number of morpholine rings is 1. The molecule has 0 aliphatic carbocycles. The van der Waals surface area contributed by atoms with Gasteiger partial charge in [-0.05, 0) is 49.2 Å². The summed E-state index contributed by atoms with van der Waals surface area (Å²) < 4.78 is 17.5. The number of benzene rings is 2. The molecule has 0 N–H and O–H groups in total. The fourth-order valence-corrected chi connectivity index (χ4v) is 4.81. The summed E-state index contributed by atoms with van der Waals surface area (Å²) in [6.07, 6.45) is 2.34. The maximum atomic E-state index is 6.14. The first-order valence-electron chi connectivity index (χ1n) is 11.5. The van der Waals surface area contributed by atoms with E-state index in [0.717, 1.165) is 57.4 Å². The van der Waals surface area contributed by atoms with Crippen LogP contribution in [0.2, 0.25) is 0 Å². The Morgan fingerprint density at radius 3 is 2.35 bits per heavy atom. The molecular weight excluding hydrogens is 388 g/mol. The monoisotopic (exact) mass is 420 g/mol. The second-order valence-electron chi connectivity index (χ2n) is 8.75. The molecular formula is C26H32N2O3. The molecule has 5 heteroatoms. The topological polar surface area (TPSA) is 34.2 Å². The summed E-state index contributed by atoms with van der Waals surface area (Å²) in [5.74, 6) is 2.27. The van der Waals surface area contributed by atoms with Crippen LogP contribution in [0.3, 0.4) is 0 Å². The van der Waals surface area contributed by atoms with Gasteiger partial charge in [-0.1, -0.05) is 43.0 Å². The number of piperidine rings is 1. The molecule has 2 fully saturated rings. The predicted molar refractivity (Wildman–Crippen MR) is 121 cm³/mol. The lowest BCUT2D eigenvalue weighted by Crippen LogP contribution is -2.41. The highest BCUT2D eigenvalue weighted by atomic mass is 16.6. The Bertz CT molecular complexity index is 884. The molecule has 2 aromatic carbocycles. The highest BCUT2D eigenvalue weighted by molar-refractivity contribution is 5.41. The molecule has 3 aliphatic rings. The first kappa shape index (κ1) is 20.4. The predicted octanol–water partition coefficient (Wildman–Crippen LogP) is 4.26. The number of likely N-dealkylation sites (tertiary alicyclic amines) is 1. The van der Waals surface area contributed by atoms with Gasteiger partial charge < -0.3 is 19.1 Å². The van der Waals surface area contributed by atoms with E-state index in [1.807, 2.05) is 24.3 Å². The van der Waals surface area contributed by atoms with Crippen LogP contribution < -0.4 is 9.47 Å². The Hall–Kier alpha value is -2.50. The maximum absolute atomic E-state index is 6.14. The third-order valence-electron chi connectivity index (χ3n) is 6.74. The van der Waals surface area contributed by atoms with Crippen molar-refractivity contribution in [1.82, 2.24) is 9.80 Å². The molecule has 3 heterocycles. The van der Waals surface area contributed by atoms with Crippen molar-refractivity contribution in [1.29, 1.82) is 0 Å². The second kappa shape index (κ2) is 9.33. The lowest BCUT2D eigenvalue weighted by molar-refractivity contribution is 0.0448. The molecule has 1 unspecified atom stereocenters. The van der Waals surface area contributed by atoms with Gasteiger partial charge in [0, 0.05) is 31.2 Å². The van der Waals surface area contributed by atoms with Crippen LogP contribution in [0.4, 0.5) is 0 Å². The molecule has 31 heavy (non-hydrogen) atoms. The number of allylic oxidation sites excluding steroid dienone is 1. The molecule has 0 radical (unpaired) electrons. The molecule has 2 saturated heterocycles. The summed E-state index contributed by atoms with van der Waals surface area (Å²) in [6.45, 7) is 11.9. The van der Waals surface area contributed by atoms with E-state index in [-0.39, 0.29) is 6.10 Å². The average Bonchev–Trinajstić information content (AvgIpc) is 2.85. The summed E-state index contributed by atoms with van der Waals surface area (Å²) in [5.41, 5.74) is 3.84. The number of hydrogen-bond acceptors (Lipinski definition) is 5. The largest absolute Gasteiger partial charge is 0.485 e. The Labute approximate surface area is 185 Å². The van der Waals surface area contributed by atoms with E-state index in [9.17, 15) is 0 Å². The summed E-state index contributed by atoms with van der Waals surface area (Å²) >= 11 is 0. The number of nitrogens with zero attached hydrogens (tertiary/aromatic N) is 2. The van der Waals surface area contributed by atoms with Crippen LogP contribution in [0.15, 0.2) is 60.8 Å². The number of hydrogen-bond donors (Lipinski definition) is 0. The van der Waals surface area contributed by atoms with Crippen molar-refractivity contribution in [2.45, 2.75) is 25.5 Å². The molecule has 5 rings (SSSR count). The molecule has 2 aromatic rings. The van der Waals surface area contributed by atoms with Crippen molar-refractivity contribution in [3.05, 3.63) is 71.9 Å². The molecule has 3 aliphatic heterocycles. The first-order chi connectivity index (χ1) is 15.3. The Morgan fingerprint density at radius 2 is 1.61 bits per heavy atom. The van der Waals surface area contributed by atoms with E-state index >= 15 is 0 Å². The van der Waals surface area contributed by atoms with Crippen LogP contribution in [0, 0.1) is 5.92 Å². The number of fused-ring (bicyclic) bond motifs is 1. The summed E-state index contributed by atoms with van der Waals surface area (Å²) in [4.78, 5) is 4.99. The molecule has 5 nitrogen and oxygen atoms in total. The van der Waals surface area contributed by atoms with Crippen LogP contribution in [-0.4, -0.2) is 55.8 Å². The quantitative estimate of drug-likeness (QED) is 0.722. The van der Waals surface area contributed by atoms with Gasteiger partial charge in [0.25, 0.3) is 0 Å². The Morgan fingerprint density at radius 1 is 0.903 bits per heavy atom. The molecule has 164 valence electrons.